The quantitative estimate of drug-likeness (QED) is 0.355. The highest BCUT2D eigenvalue weighted by Gasteiger charge is 2.32. The molecule has 2 amide bonds. The van der Waals surface area contributed by atoms with E-state index in [1.807, 2.05) is 0 Å². The Kier molecular flexibility index (Phi) is 7.97. The molecule has 0 aliphatic carbocycles. The van der Waals surface area contributed by atoms with E-state index in [1.165, 1.54) is 18.2 Å². The highest BCUT2D eigenvalue weighted by Crippen LogP contribution is 2.29. The molecule has 0 spiro atoms. The van der Waals surface area contributed by atoms with Crippen LogP contribution in [0.2, 0.25) is 5.02 Å². The van der Waals surface area contributed by atoms with Crippen molar-refractivity contribution in [3.05, 3.63) is 52.6 Å². The molecule has 178 valence electrons. The van der Waals surface area contributed by atoms with Crippen molar-refractivity contribution < 1.29 is 18.7 Å². The lowest BCUT2D eigenvalue weighted by atomic mass is 9.86. The van der Waals surface area contributed by atoms with Crippen molar-refractivity contribution in [3.8, 4) is 5.75 Å². The monoisotopic (exact) mass is 477 g/mol. The lowest BCUT2D eigenvalue weighted by Crippen LogP contribution is -2.51. The Labute approximate surface area is 197 Å². The number of rotatable bonds is 7. The number of halogens is 2. The fourth-order valence-corrected chi connectivity index (χ4v) is 4.52. The van der Waals surface area contributed by atoms with Gasteiger partial charge < -0.3 is 26.0 Å². The molecule has 2 heterocycles. The van der Waals surface area contributed by atoms with Crippen LogP contribution >= 0.6 is 11.6 Å². The maximum Gasteiger partial charge on any atom is 0.254 e. The third kappa shape index (κ3) is 5.47. The number of hydrogen-bond donors (Lipinski definition) is 4. The van der Waals surface area contributed by atoms with Crippen LogP contribution in [-0.2, 0) is 9.59 Å². The van der Waals surface area contributed by atoms with E-state index in [9.17, 15) is 14.0 Å². The fraction of sp³-hybridized carbons (Fsp3) is 0.435. The second-order valence-electron chi connectivity index (χ2n) is 8.03. The first-order chi connectivity index (χ1) is 15.8. The number of ether oxygens (including phenoxy) is 1. The Bertz CT molecular complexity index is 989. The lowest BCUT2D eigenvalue weighted by Gasteiger charge is -2.39. The minimum absolute atomic E-state index is 0.0379. The largest absolute Gasteiger partial charge is 0.491 e. The van der Waals surface area contributed by atoms with Gasteiger partial charge in [0.05, 0.1) is 17.3 Å². The van der Waals surface area contributed by atoms with E-state index < -0.39 is 11.7 Å². The molecule has 0 bridgehead atoms. The summed E-state index contributed by atoms with van der Waals surface area (Å²) in [6.45, 7) is 7.35. The van der Waals surface area contributed by atoms with Gasteiger partial charge in [0.25, 0.3) is 5.91 Å². The fourth-order valence-electron chi connectivity index (χ4n) is 4.31. The molecular formula is C23H29ClFN5O3. The highest BCUT2D eigenvalue weighted by molar-refractivity contribution is 6.32. The van der Waals surface area contributed by atoms with Gasteiger partial charge in [0, 0.05) is 31.2 Å². The number of piperidine rings is 1. The molecule has 1 aromatic carbocycles. The Morgan fingerprint density at radius 3 is 2.67 bits per heavy atom. The molecule has 2 aliphatic heterocycles. The molecule has 2 saturated heterocycles. The minimum atomic E-state index is -0.791. The molecule has 2 fully saturated rings. The summed E-state index contributed by atoms with van der Waals surface area (Å²) in [6, 6.07) is 2.67. The van der Waals surface area contributed by atoms with E-state index in [1.54, 1.807) is 11.8 Å². The second kappa shape index (κ2) is 10.7. The molecule has 33 heavy (non-hydrogen) atoms. The van der Waals surface area contributed by atoms with E-state index in [-0.39, 0.29) is 46.2 Å². The molecule has 0 radical (unpaired) electrons. The van der Waals surface area contributed by atoms with Crippen molar-refractivity contribution in [1.29, 1.82) is 5.41 Å². The zero-order valence-corrected chi connectivity index (χ0v) is 19.3. The van der Waals surface area contributed by atoms with Gasteiger partial charge in [0.2, 0.25) is 5.91 Å². The summed E-state index contributed by atoms with van der Waals surface area (Å²) in [5, 5.41) is 14.9. The molecule has 2 aliphatic rings. The number of benzene rings is 1. The van der Waals surface area contributed by atoms with Crippen LogP contribution in [0.4, 0.5) is 4.39 Å². The smallest absolute Gasteiger partial charge is 0.254 e. The van der Waals surface area contributed by atoms with E-state index >= 15 is 0 Å². The lowest BCUT2D eigenvalue weighted by molar-refractivity contribution is -0.127. The minimum Gasteiger partial charge on any atom is -0.491 e. The summed E-state index contributed by atoms with van der Waals surface area (Å²) in [6.07, 6.45) is 3.78. The van der Waals surface area contributed by atoms with Crippen molar-refractivity contribution >= 4 is 29.1 Å². The molecule has 1 aromatic rings. The average molecular weight is 478 g/mol. The number of amides is 2. The Hall–Kier alpha value is -3.07. The van der Waals surface area contributed by atoms with Gasteiger partial charge >= 0.3 is 0 Å². The molecule has 5 N–H and O–H groups in total. The Morgan fingerprint density at radius 2 is 2.06 bits per heavy atom. The number of hydrogen-bond acceptors (Lipinski definition) is 6. The van der Waals surface area contributed by atoms with Crippen LogP contribution in [0.15, 0.2) is 36.2 Å². The summed E-state index contributed by atoms with van der Waals surface area (Å²) >= 11 is 5.99. The molecule has 1 unspecified atom stereocenters. The topological polar surface area (TPSA) is 121 Å². The van der Waals surface area contributed by atoms with Crippen molar-refractivity contribution in [3.63, 3.8) is 0 Å². The highest BCUT2D eigenvalue weighted by atomic mass is 35.5. The van der Waals surface area contributed by atoms with E-state index in [0.29, 0.717) is 31.4 Å². The Morgan fingerprint density at radius 1 is 1.36 bits per heavy atom. The van der Waals surface area contributed by atoms with Gasteiger partial charge in [-0.25, -0.2) is 4.39 Å². The van der Waals surface area contributed by atoms with Crippen molar-refractivity contribution in [2.75, 3.05) is 26.2 Å². The SMILES string of the molecule is C=CC(=O)N1CCC(C2CCN/C(=C(/C(=N)c3cc(Cl)c(F)c(OCC)c3)C(N)=O)N2)CC1. The van der Waals surface area contributed by atoms with Crippen LogP contribution in [0.3, 0.4) is 0 Å². The number of nitrogens with two attached hydrogens (primary N) is 1. The molecule has 10 heteroatoms. The standard InChI is InChI=1S/C23H29ClFN5O3/c1-3-18(31)30-9-6-13(7-10-30)16-5-8-28-23(29-16)19(22(27)32)21(26)14-11-15(24)20(25)17(12-14)33-4-2/h3,11-13,16,26,28-29H,1,4-10H2,2H3,(H2,27,32)/b23-19+,26-21?. The molecule has 8 nitrogen and oxygen atoms in total. The van der Waals surface area contributed by atoms with Crippen molar-refractivity contribution in [2.24, 2.45) is 11.7 Å². The second-order valence-corrected chi connectivity index (χ2v) is 8.43. The van der Waals surface area contributed by atoms with Gasteiger partial charge in [-0.15, -0.1) is 0 Å². The van der Waals surface area contributed by atoms with Crippen LogP contribution in [0.25, 0.3) is 0 Å². The van der Waals surface area contributed by atoms with Gasteiger partial charge in [0.15, 0.2) is 11.6 Å². The summed E-state index contributed by atoms with van der Waals surface area (Å²) in [5.41, 5.74) is 5.64. The zero-order valence-electron chi connectivity index (χ0n) is 18.5. The molecule has 0 aromatic heterocycles. The van der Waals surface area contributed by atoms with Gasteiger partial charge in [-0.3, -0.25) is 15.0 Å². The van der Waals surface area contributed by atoms with Crippen LogP contribution in [0.5, 0.6) is 5.75 Å². The third-order valence-electron chi connectivity index (χ3n) is 6.01. The first-order valence-corrected chi connectivity index (χ1v) is 11.3. The first kappa shape index (κ1) is 24.6. The predicted molar refractivity (Wildman–Crippen MR) is 125 cm³/mol. The van der Waals surface area contributed by atoms with Crippen LogP contribution in [0, 0.1) is 17.1 Å². The van der Waals surface area contributed by atoms with E-state index in [4.69, 9.17) is 27.5 Å². The van der Waals surface area contributed by atoms with Crippen LogP contribution in [0.1, 0.15) is 31.7 Å². The number of primary amides is 1. The molecule has 3 rings (SSSR count). The maximum absolute atomic E-state index is 14.2. The van der Waals surface area contributed by atoms with Crippen LogP contribution < -0.4 is 21.1 Å². The summed E-state index contributed by atoms with van der Waals surface area (Å²) < 4.78 is 19.5. The summed E-state index contributed by atoms with van der Waals surface area (Å²) in [4.78, 5) is 26.0. The molecular weight excluding hydrogens is 449 g/mol. The molecule has 1 atom stereocenters. The first-order valence-electron chi connectivity index (χ1n) is 10.9. The van der Waals surface area contributed by atoms with Gasteiger partial charge in [0.1, 0.15) is 11.4 Å². The number of nitrogens with one attached hydrogen (secondary N) is 3. The number of carbonyl (C=O) groups is 2. The normalized spacial score (nSPS) is 20.3. The number of carbonyl (C=O) groups excluding carboxylic acids is 2. The van der Waals surface area contributed by atoms with Gasteiger partial charge in [-0.05, 0) is 50.3 Å². The van der Waals surface area contributed by atoms with Crippen LogP contribution in [-0.4, -0.2) is 54.7 Å². The van der Waals surface area contributed by atoms with Gasteiger partial charge in [-0.1, -0.05) is 18.2 Å². The van der Waals surface area contributed by atoms with E-state index in [2.05, 4.69) is 17.2 Å². The summed E-state index contributed by atoms with van der Waals surface area (Å²) in [5.74, 6) is -1.02. The van der Waals surface area contributed by atoms with Crippen molar-refractivity contribution in [2.45, 2.75) is 32.2 Å². The summed E-state index contributed by atoms with van der Waals surface area (Å²) in [7, 11) is 0. The zero-order chi connectivity index (χ0) is 24.1. The number of likely N-dealkylation sites (tertiary alicyclic amines) is 1. The van der Waals surface area contributed by atoms with Gasteiger partial charge in [-0.2, -0.15) is 0 Å². The number of nitrogens with zero attached hydrogens (tertiary/aromatic N) is 1. The molecule has 0 saturated carbocycles. The Balaban J connectivity index is 1.83. The predicted octanol–water partition coefficient (Wildman–Crippen LogP) is 2.32. The average Bonchev–Trinajstić information content (AvgIpc) is 2.81. The maximum atomic E-state index is 14.2. The third-order valence-corrected chi connectivity index (χ3v) is 6.29. The van der Waals surface area contributed by atoms with Crippen molar-refractivity contribution in [1.82, 2.24) is 15.5 Å². The van der Waals surface area contributed by atoms with E-state index in [0.717, 1.165) is 19.3 Å².